The quantitative estimate of drug-likeness (QED) is 0.833. The van der Waals surface area contributed by atoms with Gasteiger partial charge in [0.1, 0.15) is 0 Å². The number of rotatable bonds is 5. The summed E-state index contributed by atoms with van der Waals surface area (Å²) in [5.41, 5.74) is 1.18. The number of pyridine rings is 1. The van der Waals surface area contributed by atoms with E-state index >= 15 is 0 Å². The normalized spacial score (nSPS) is 24.3. The van der Waals surface area contributed by atoms with Gasteiger partial charge in [0.05, 0.1) is 0 Å². The van der Waals surface area contributed by atoms with Crippen LogP contribution in [0.1, 0.15) is 25.3 Å². The largest absolute Gasteiger partial charge is 0.481 e. The van der Waals surface area contributed by atoms with Gasteiger partial charge < -0.3 is 10.4 Å². The Morgan fingerprint density at radius 3 is 3.11 bits per heavy atom. The van der Waals surface area contributed by atoms with Gasteiger partial charge >= 0.3 is 5.97 Å². The van der Waals surface area contributed by atoms with Crippen LogP contribution in [0.5, 0.6) is 0 Å². The van der Waals surface area contributed by atoms with E-state index in [4.69, 9.17) is 5.11 Å². The third-order valence-electron chi connectivity index (χ3n) is 3.63. The summed E-state index contributed by atoms with van der Waals surface area (Å²) in [5, 5.41) is 12.2. The van der Waals surface area contributed by atoms with E-state index in [0.29, 0.717) is 12.5 Å². The molecule has 5 heteroatoms. The number of aromatic nitrogens is 1. The molecule has 1 aliphatic heterocycles. The van der Waals surface area contributed by atoms with Crippen LogP contribution in [0.2, 0.25) is 0 Å². The Morgan fingerprint density at radius 2 is 2.42 bits per heavy atom. The number of carbonyl (C=O) groups is 1. The molecule has 0 saturated carbocycles. The minimum absolute atomic E-state index is 0.225. The zero-order valence-electron chi connectivity index (χ0n) is 11.2. The molecule has 2 atom stereocenters. The first kappa shape index (κ1) is 14.0. The van der Waals surface area contributed by atoms with Crippen molar-refractivity contribution in [1.29, 1.82) is 0 Å². The van der Waals surface area contributed by atoms with E-state index in [0.717, 1.165) is 19.6 Å². The predicted octanol–water partition coefficient (Wildman–Crippen LogP) is 1.11. The highest BCUT2D eigenvalue weighted by Crippen LogP contribution is 2.18. The maximum atomic E-state index is 10.7. The first-order valence-electron chi connectivity index (χ1n) is 6.74. The van der Waals surface area contributed by atoms with Crippen molar-refractivity contribution in [1.82, 2.24) is 15.2 Å². The molecule has 0 amide bonds. The fraction of sp³-hybridized carbons (Fsp3) is 0.571. The Morgan fingerprint density at radius 1 is 1.58 bits per heavy atom. The van der Waals surface area contributed by atoms with E-state index in [2.05, 4.69) is 28.2 Å². The highest BCUT2D eigenvalue weighted by molar-refractivity contribution is 5.66. The van der Waals surface area contributed by atoms with Crippen molar-refractivity contribution in [2.75, 3.05) is 13.1 Å². The summed E-state index contributed by atoms with van der Waals surface area (Å²) in [5.74, 6) is -0.723. The van der Waals surface area contributed by atoms with Crippen molar-refractivity contribution < 1.29 is 9.90 Å². The third-order valence-corrected chi connectivity index (χ3v) is 3.63. The molecule has 0 aromatic carbocycles. The van der Waals surface area contributed by atoms with Gasteiger partial charge in [-0.25, -0.2) is 0 Å². The second-order valence-corrected chi connectivity index (χ2v) is 5.13. The molecule has 0 radical (unpaired) electrons. The molecule has 1 saturated heterocycles. The smallest absolute Gasteiger partial charge is 0.303 e. The van der Waals surface area contributed by atoms with Crippen molar-refractivity contribution in [3.63, 3.8) is 0 Å². The molecule has 104 valence electrons. The number of hydrogen-bond acceptors (Lipinski definition) is 4. The summed E-state index contributed by atoms with van der Waals surface area (Å²) in [4.78, 5) is 17.3. The molecule has 1 aliphatic rings. The average molecular weight is 263 g/mol. The number of hydrogen-bond donors (Lipinski definition) is 2. The molecule has 0 spiro atoms. The summed E-state index contributed by atoms with van der Waals surface area (Å²) in [6, 6.07) is 4.69. The van der Waals surface area contributed by atoms with Crippen LogP contribution in [0.3, 0.4) is 0 Å². The van der Waals surface area contributed by atoms with Crippen LogP contribution in [0.25, 0.3) is 0 Å². The molecule has 1 aromatic rings. The molecule has 2 unspecified atom stereocenters. The molecule has 2 rings (SSSR count). The topological polar surface area (TPSA) is 65.5 Å². The maximum Gasteiger partial charge on any atom is 0.303 e. The van der Waals surface area contributed by atoms with Crippen molar-refractivity contribution in [3.8, 4) is 0 Å². The van der Waals surface area contributed by atoms with E-state index in [1.807, 2.05) is 12.3 Å². The fourth-order valence-electron chi connectivity index (χ4n) is 2.60. The lowest BCUT2D eigenvalue weighted by Gasteiger charge is -2.41. The van der Waals surface area contributed by atoms with Crippen LogP contribution in [-0.4, -0.2) is 46.1 Å². The van der Waals surface area contributed by atoms with Gasteiger partial charge in [-0.1, -0.05) is 6.07 Å². The highest BCUT2D eigenvalue weighted by atomic mass is 16.4. The molecule has 1 aromatic heterocycles. The Hall–Kier alpha value is -1.46. The van der Waals surface area contributed by atoms with Crippen LogP contribution in [-0.2, 0) is 11.3 Å². The number of carboxylic acid groups (broad SMARTS) is 1. The van der Waals surface area contributed by atoms with Gasteiger partial charge in [-0.05, 0) is 25.0 Å². The van der Waals surface area contributed by atoms with Crippen LogP contribution in [0.4, 0.5) is 0 Å². The van der Waals surface area contributed by atoms with Crippen molar-refractivity contribution >= 4 is 5.97 Å². The molecule has 1 fully saturated rings. The standard InChI is InChI=1S/C14H21N3O2/c1-11-7-16-9-13(4-5-14(18)19)17(11)10-12-3-2-6-15-8-12/h2-3,6,8,11,13,16H,4-5,7,9-10H2,1H3,(H,18,19). The highest BCUT2D eigenvalue weighted by Gasteiger charge is 2.27. The molecule has 2 N–H and O–H groups in total. The molecule has 2 heterocycles. The molecule has 0 aliphatic carbocycles. The lowest BCUT2D eigenvalue weighted by atomic mass is 10.0. The summed E-state index contributed by atoms with van der Waals surface area (Å²) in [6.07, 6.45) is 4.56. The van der Waals surface area contributed by atoms with E-state index < -0.39 is 5.97 Å². The van der Waals surface area contributed by atoms with Gasteiger partial charge in [-0.2, -0.15) is 0 Å². The number of nitrogens with zero attached hydrogens (tertiary/aromatic N) is 2. The zero-order valence-corrected chi connectivity index (χ0v) is 11.2. The number of piperazine rings is 1. The number of aliphatic carboxylic acids is 1. The van der Waals surface area contributed by atoms with Gasteiger partial charge in [0.15, 0.2) is 0 Å². The van der Waals surface area contributed by atoms with Crippen LogP contribution >= 0.6 is 0 Å². The molecular formula is C14H21N3O2. The maximum absolute atomic E-state index is 10.7. The van der Waals surface area contributed by atoms with Crippen LogP contribution in [0, 0.1) is 0 Å². The van der Waals surface area contributed by atoms with Crippen LogP contribution in [0.15, 0.2) is 24.5 Å². The Balaban J connectivity index is 2.01. The van der Waals surface area contributed by atoms with Crippen LogP contribution < -0.4 is 5.32 Å². The molecule has 19 heavy (non-hydrogen) atoms. The average Bonchev–Trinajstić information content (AvgIpc) is 2.40. The van der Waals surface area contributed by atoms with Gasteiger partial charge in [0.25, 0.3) is 0 Å². The van der Waals surface area contributed by atoms with Gasteiger partial charge in [0, 0.05) is 50.5 Å². The predicted molar refractivity (Wildman–Crippen MR) is 72.8 cm³/mol. The molecule has 0 bridgehead atoms. The van der Waals surface area contributed by atoms with E-state index in [1.54, 1.807) is 6.20 Å². The summed E-state index contributed by atoms with van der Waals surface area (Å²) < 4.78 is 0. The van der Waals surface area contributed by atoms with Crippen molar-refractivity contribution in [3.05, 3.63) is 30.1 Å². The van der Waals surface area contributed by atoms with Gasteiger partial charge in [0.2, 0.25) is 0 Å². The minimum atomic E-state index is -0.723. The first-order chi connectivity index (χ1) is 9.16. The van der Waals surface area contributed by atoms with Crippen molar-refractivity contribution in [2.24, 2.45) is 0 Å². The lowest BCUT2D eigenvalue weighted by molar-refractivity contribution is -0.137. The Bertz CT molecular complexity index is 410. The first-order valence-corrected chi connectivity index (χ1v) is 6.74. The summed E-state index contributed by atoms with van der Waals surface area (Å²) in [6.45, 7) is 4.82. The van der Waals surface area contributed by atoms with Gasteiger partial charge in [-0.15, -0.1) is 0 Å². The Kier molecular flexibility index (Phi) is 4.87. The minimum Gasteiger partial charge on any atom is -0.481 e. The summed E-state index contributed by atoms with van der Waals surface area (Å²) >= 11 is 0. The SMILES string of the molecule is CC1CNCC(CCC(=O)O)N1Cc1cccnc1. The Labute approximate surface area is 113 Å². The van der Waals surface area contributed by atoms with Gasteiger partial charge in [-0.3, -0.25) is 14.7 Å². The van der Waals surface area contributed by atoms with E-state index in [1.165, 1.54) is 5.56 Å². The fourth-order valence-corrected chi connectivity index (χ4v) is 2.60. The van der Waals surface area contributed by atoms with Crippen molar-refractivity contribution in [2.45, 2.75) is 38.4 Å². The van der Waals surface area contributed by atoms with E-state index in [-0.39, 0.29) is 12.5 Å². The summed E-state index contributed by atoms with van der Waals surface area (Å²) in [7, 11) is 0. The second-order valence-electron chi connectivity index (χ2n) is 5.13. The zero-order chi connectivity index (χ0) is 13.7. The monoisotopic (exact) mass is 263 g/mol. The number of nitrogens with one attached hydrogen (secondary N) is 1. The third kappa shape index (κ3) is 4.01. The number of carboxylic acids is 1. The molecule has 5 nitrogen and oxygen atoms in total. The van der Waals surface area contributed by atoms with E-state index in [9.17, 15) is 4.79 Å². The molecular weight excluding hydrogens is 242 g/mol. The second kappa shape index (κ2) is 6.63. The lowest BCUT2D eigenvalue weighted by Crippen LogP contribution is -2.55.